The zero-order valence-electron chi connectivity index (χ0n) is 10.5. The van der Waals surface area contributed by atoms with Gasteiger partial charge < -0.3 is 5.32 Å². The SMILES string of the molecule is CCNc1nc(-c2ccccc2)c(C(C)C)s1. The van der Waals surface area contributed by atoms with Crippen molar-refractivity contribution in [2.75, 3.05) is 11.9 Å². The van der Waals surface area contributed by atoms with Crippen LogP contribution in [0.15, 0.2) is 30.3 Å². The number of hydrogen-bond donors (Lipinski definition) is 1. The van der Waals surface area contributed by atoms with Gasteiger partial charge in [-0.25, -0.2) is 4.98 Å². The highest BCUT2D eigenvalue weighted by molar-refractivity contribution is 7.16. The molecule has 0 aliphatic heterocycles. The minimum Gasteiger partial charge on any atom is -0.362 e. The topological polar surface area (TPSA) is 24.9 Å². The van der Waals surface area contributed by atoms with Crippen molar-refractivity contribution in [3.8, 4) is 11.3 Å². The number of nitrogens with one attached hydrogen (secondary N) is 1. The van der Waals surface area contributed by atoms with Crippen LogP contribution < -0.4 is 5.32 Å². The maximum Gasteiger partial charge on any atom is 0.183 e. The Balaban J connectivity index is 2.44. The number of benzene rings is 1. The van der Waals surface area contributed by atoms with Gasteiger partial charge >= 0.3 is 0 Å². The molecule has 0 spiro atoms. The van der Waals surface area contributed by atoms with Crippen molar-refractivity contribution in [3.63, 3.8) is 0 Å². The average Bonchev–Trinajstić information content (AvgIpc) is 2.75. The first-order valence-electron chi connectivity index (χ1n) is 6.02. The highest BCUT2D eigenvalue weighted by Gasteiger charge is 2.15. The van der Waals surface area contributed by atoms with Crippen LogP contribution in [0.4, 0.5) is 5.13 Å². The molecule has 1 N–H and O–H groups in total. The van der Waals surface area contributed by atoms with E-state index >= 15 is 0 Å². The molecule has 0 fully saturated rings. The summed E-state index contributed by atoms with van der Waals surface area (Å²) in [6.07, 6.45) is 0. The number of anilines is 1. The van der Waals surface area contributed by atoms with Crippen molar-refractivity contribution < 1.29 is 0 Å². The van der Waals surface area contributed by atoms with Crippen LogP contribution in [0.5, 0.6) is 0 Å². The molecule has 0 radical (unpaired) electrons. The van der Waals surface area contributed by atoms with Gasteiger partial charge in [-0.05, 0) is 12.8 Å². The summed E-state index contributed by atoms with van der Waals surface area (Å²) in [6.45, 7) is 7.45. The summed E-state index contributed by atoms with van der Waals surface area (Å²) >= 11 is 1.76. The molecule has 0 saturated heterocycles. The number of aromatic nitrogens is 1. The molecule has 0 atom stereocenters. The monoisotopic (exact) mass is 246 g/mol. The number of thiazole rings is 1. The van der Waals surface area contributed by atoms with Crippen LogP contribution in [0.3, 0.4) is 0 Å². The van der Waals surface area contributed by atoms with E-state index in [0.717, 1.165) is 17.4 Å². The fourth-order valence-corrected chi connectivity index (χ4v) is 2.81. The van der Waals surface area contributed by atoms with Gasteiger partial charge in [0.25, 0.3) is 0 Å². The molecule has 2 aromatic rings. The predicted molar refractivity (Wildman–Crippen MR) is 75.8 cm³/mol. The van der Waals surface area contributed by atoms with Crippen molar-refractivity contribution in [2.45, 2.75) is 26.7 Å². The molecule has 90 valence electrons. The lowest BCUT2D eigenvalue weighted by Crippen LogP contribution is -1.94. The molecule has 1 heterocycles. The zero-order valence-corrected chi connectivity index (χ0v) is 11.3. The van der Waals surface area contributed by atoms with Crippen molar-refractivity contribution in [2.24, 2.45) is 0 Å². The first-order chi connectivity index (χ1) is 8.22. The van der Waals surface area contributed by atoms with Crippen LogP contribution >= 0.6 is 11.3 Å². The Morgan fingerprint density at radius 1 is 1.24 bits per heavy atom. The predicted octanol–water partition coefficient (Wildman–Crippen LogP) is 4.37. The molecule has 17 heavy (non-hydrogen) atoms. The van der Waals surface area contributed by atoms with E-state index in [1.807, 2.05) is 6.07 Å². The van der Waals surface area contributed by atoms with Crippen LogP contribution in [-0.4, -0.2) is 11.5 Å². The molecular formula is C14H18N2S. The third-order valence-corrected chi connectivity index (χ3v) is 3.87. The van der Waals surface area contributed by atoms with E-state index in [1.54, 1.807) is 11.3 Å². The van der Waals surface area contributed by atoms with E-state index < -0.39 is 0 Å². The molecule has 0 saturated carbocycles. The fourth-order valence-electron chi connectivity index (χ4n) is 1.75. The van der Waals surface area contributed by atoms with Gasteiger partial charge in [-0.15, -0.1) is 11.3 Å². The lowest BCUT2D eigenvalue weighted by atomic mass is 10.1. The third kappa shape index (κ3) is 2.67. The van der Waals surface area contributed by atoms with Crippen molar-refractivity contribution >= 4 is 16.5 Å². The van der Waals surface area contributed by atoms with E-state index in [2.05, 4.69) is 50.4 Å². The summed E-state index contributed by atoms with van der Waals surface area (Å²) < 4.78 is 0. The zero-order chi connectivity index (χ0) is 12.3. The molecule has 1 aromatic heterocycles. The van der Waals surface area contributed by atoms with Crippen LogP contribution in [0, 0.1) is 0 Å². The molecule has 0 bridgehead atoms. The second kappa shape index (κ2) is 5.32. The minimum atomic E-state index is 0.509. The van der Waals surface area contributed by atoms with Crippen molar-refractivity contribution in [3.05, 3.63) is 35.2 Å². The number of rotatable bonds is 4. The molecule has 0 aliphatic rings. The maximum absolute atomic E-state index is 4.70. The summed E-state index contributed by atoms with van der Waals surface area (Å²) in [5.41, 5.74) is 2.33. The molecule has 2 rings (SSSR count). The van der Waals surface area contributed by atoms with E-state index in [0.29, 0.717) is 5.92 Å². The van der Waals surface area contributed by atoms with Gasteiger partial charge in [-0.2, -0.15) is 0 Å². The van der Waals surface area contributed by atoms with Gasteiger partial charge in [0.05, 0.1) is 5.69 Å². The van der Waals surface area contributed by atoms with Crippen LogP contribution in [0.2, 0.25) is 0 Å². The number of nitrogens with zero attached hydrogens (tertiary/aromatic N) is 1. The van der Waals surface area contributed by atoms with Crippen LogP contribution in [0.25, 0.3) is 11.3 Å². The molecule has 0 amide bonds. The summed E-state index contributed by atoms with van der Waals surface area (Å²) in [5, 5.41) is 4.32. The van der Waals surface area contributed by atoms with E-state index in [9.17, 15) is 0 Å². The second-order valence-electron chi connectivity index (χ2n) is 4.28. The molecule has 2 nitrogen and oxygen atoms in total. The third-order valence-electron chi connectivity index (χ3n) is 2.55. The smallest absolute Gasteiger partial charge is 0.183 e. The number of hydrogen-bond acceptors (Lipinski definition) is 3. The summed E-state index contributed by atoms with van der Waals surface area (Å²) in [7, 11) is 0. The fraction of sp³-hybridized carbons (Fsp3) is 0.357. The second-order valence-corrected chi connectivity index (χ2v) is 5.31. The Kier molecular flexibility index (Phi) is 3.79. The van der Waals surface area contributed by atoms with Gasteiger partial charge in [0.15, 0.2) is 5.13 Å². The van der Waals surface area contributed by atoms with Crippen molar-refractivity contribution in [1.82, 2.24) is 4.98 Å². The molecule has 0 aliphatic carbocycles. The van der Waals surface area contributed by atoms with Crippen molar-refractivity contribution in [1.29, 1.82) is 0 Å². The minimum absolute atomic E-state index is 0.509. The normalized spacial score (nSPS) is 10.8. The quantitative estimate of drug-likeness (QED) is 0.866. The van der Waals surface area contributed by atoms with E-state index in [4.69, 9.17) is 4.98 Å². The first-order valence-corrected chi connectivity index (χ1v) is 6.84. The molecular weight excluding hydrogens is 228 g/mol. The first kappa shape index (κ1) is 12.1. The highest BCUT2D eigenvalue weighted by atomic mass is 32.1. The van der Waals surface area contributed by atoms with Crippen LogP contribution in [-0.2, 0) is 0 Å². The Morgan fingerprint density at radius 2 is 1.94 bits per heavy atom. The molecule has 1 aromatic carbocycles. The average molecular weight is 246 g/mol. The molecule has 3 heteroatoms. The van der Waals surface area contributed by atoms with Gasteiger partial charge in [-0.1, -0.05) is 44.2 Å². The summed E-state index contributed by atoms with van der Waals surface area (Å²) in [4.78, 5) is 6.05. The Hall–Kier alpha value is -1.35. The summed E-state index contributed by atoms with van der Waals surface area (Å²) in [6, 6.07) is 10.4. The summed E-state index contributed by atoms with van der Waals surface area (Å²) in [5.74, 6) is 0.509. The Bertz CT molecular complexity index is 474. The Labute approximate surface area is 107 Å². The largest absolute Gasteiger partial charge is 0.362 e. The molecule has 0 unspecified atom stereocenters. The lowest BCUT2D eigenvalue weighted by Gasteiger charge is -2.04. The lowest BCUT2D eigenvalue weighted by molar-refractivity contribution is 0.888. The highest BCUT2D eigenvalue weighted by Crippen LogP contribution is 2.35. The Morgan fingerprint density at radius 3 is 2.53 bits per heavy atom. The van der Waals surface area contributed by atoms with Gasteiger partial charge in [0.2, 0.25) is 0 Å². The van der Waals surface area contributed by atoms with Gasteiger partial charge in [0, 0.05) is 17.0 Å². The van der Waals surface area contributed by atoms with E-state index in [1.165, 1.54) is 10.4 Å². The van der Waals surface area contributed by atoms with Gasteiger partial charge in [0.1, 0.15) is 0 Å². The van der Waals surface area contributed by atoms with Gasteiger partial charge in [-0.3, -0.25) is 0 Å². The standard InChI is InChI=1S/C14H18N2S/c1-4-15-14-16-12(13(17-14)10(2)3)11-8-6-5-7-9-11/h5-10H,4H2,1-3H3,(H,15,16). The maximum atomic E-state index is 4.70. The van der Waals surface area contributed by atoms with E-state index in [-0.39, 0.29) is 0 Å². The van der Waals surface area contributed by atoms with Crippen LogP contribution in [0.1, 0.15) is 31.6 Å².